The van der Waals surface area contributed by atoms with Gasteiger partial charge in [0.2, 0.25) is 0 Å². The van der Waals surface area contributed by atoms with Crippen LogP contribution >= 0.6 is 0 Å². The molecular weight excluding hydrogens is 280 g/mol. The number of hydrogen-bond acceptors (Lipinski definition) is 5. The minimum atomic E-state index is -0.402. The summed E-state index contributed by atoms with van der Waals surface area (Å²) in [6.07, 6.45) is 0. The topological polar surface area (TPSA) is 80.1 Å². The highest BCUT2D eigenvalue weighted by molar-refractivity contribution is 5.49. The maximum Gasteiger partial charge on any atom is 0.269 e. The van der Waals surface area contributed by atoms with Crippen molar-refractivity contribution in [2.45, 2.75) is 26.8 Å². The van der Waals surface area contributed by atoms with E-state index in [1.165, 1.54) is 17.7 Å². The SMILES string of the molecule is Cc1cc(C)nc(NCC(C)Nc2ccc([N+](=O)[O-])cc2)c1. The molecule has 0 spiro atoms. The lowest BCUT2D eigenvalue weighted by molar-refractivity contribution is -0.384. The van der Waals surface area contributed by atoms with Crippen molar-refractivity contribution in [2.24, 2.45) is 0 Å². The molecule has 6 nitrogen and oxygen atoms in total. The van der Waals surface area contributed by atoms with Crippen LogP contribution in [0.1, 0.15) is 18.2 Å². The fourth-order valence-electron chi connectivity index (χ4n) is 2.20. The van der Waals surface area contributed by atoms with Crippen LogP contribution in [-0.2, 0) is 0 Å². The fraction of sp³-hybridized carbons (Fsp3) is 0.312. The Morgan fingerprint density at radius 2 is 1.91 bits per heavy atom. The van der Waals surface area contributed by atoms with Crippen molar-refractivity contribution < 1.29 is 4.92 Å². The van der Waals surface area contributed by atoms with Gasteiger partial charge in [0.15, 0.2) is 0 Å². The number of nitrogens with one attached hydrogen (secondary N) is 2. The molecular formula is C16H20N4O2. The highest BCUT2D eigenvalue weighted by Gasteiger charge is 2.06. The molecule has 1 heterocycles. The Balaban J connectivity index is 1.89. The molecule has 0 aliphatic heterocycles. The Labute approximate surface area is 129 Å². The zero-order valence-corrected chi connectivity index (χ0v) is 13.0. The molecule has 22 heavy (non-hydrogen) atoms. The Hall–Kier alpha value is -2.63. The predicted molar refractivity (Wildman–Crippen MR) is 88.4 cm³/mol. The minimum Gasteiger partial charge on any atom is -0.381 e. The average molecular weight is 300 g/mol. The fourth-order valence-corrected chi connectivity index (χ4v) is 2.20. The van der Waals surface area contributed by atoms with Crippen molar-refractivity contribution in [3.63, 3.8) is 0 Å². The smallest absolute Gasteiger partial charge is 0.269 e. The van der Waals surface area contributed by atoms with Crippen LogP contribution in [0.2, 0.25) is 0 Å². The number of nitrogens with zero attached hydrogens (tertiary/aromatic N) is 2. The monoisotopic (exact) mass is 300 g/mol. The van der Waals surface area contributed by atoms with E-state index in [0.717, 1.165) is 17.2 Å². The highest BCUT2D eigenvalue weighted by atomic mass is 16.6. The van der Waals surface area contributed by atoms with Crippen LogP contribution in [0.5, 0.6) is 0 Å². The van der Waals surface area contributed by atoms with Crippen LogP contribution in [0, 0.1) is 24.0 Å². The quantitative estimate of drug-likeness (QED) is 0.630. The van der Waals surface area contributed by atoms with Crippen LogP contribution in [0.25, 0.3) is 0 Å². The van der Waals surface area contributed by atoms with E-state index >= 15 is 0 Å². The molecule has 1 aromatic carbocycles. The average Bonchev–Trinajstić information content (AvgIpc) is 2.45. The van der Waals surface area contributed by atoms with Crippen molar-refractivity contribution >= 4 is 17.2 Å². The molecule has 1 atom stereocenters. The number of aromatic nitrogens is 1. The number of aryl methyl sites for hydroxylation is 2. The number of nitro groups is 1. The largest absolute Gasteiger partial charge is 0.381 e. The zero-order chi connectivity index (χ0) is 16.1. The number of anilines is 2. The Morgan fingerprint density at radius 1 is 1.23 bits per heavy atom. The molecule has 0 aliphatic rings. The summed E-state index contributed by atoms with van der Waals surface area (Å²) in [5, 5.41) is 17.2. The van der Waals surface area contributed by atoms with Gasteiger partial charge in [0, 0.05) is 36.1 Å². The molecule has 1 aromatic heterocycles. The molecule has 0 amide bonds. The molecule has 0 saturated heterocycles. The van der Waals surface area contributed by atoms with E-state index in [1.807, 2.05) is 32.9 Å². The standard InChI is InChI=1S/C16H20N4O2/c1-11-8-12(2)19-16(9-11)17-10-13(3)18-14-4-6-15(7-5-14)20(21)22/h4-9,13,18H,10H2,1-3H3,(H,17,19). The van der Waals surface area contributed by atoms with Crippen molar-refractivity contribution in [3.8, 4) is 0 Å². The summed E-state index contributed by atoms with van der Waals surface area (Å²) >= 11 is 0. The van der Waals surface area contributed by atoms with Gasteiger partial charge in [-0.2, -0.15) is 0 Å². The lowest BCUT2D eigenvalue weighted by Gasteiger charge is -2.16. The lowest BCUT2D eigenvalue weighted by Crippen LogP contribution is -2.25. The first kappa shape index (κ1) is 15.8. The number of hydrogen-bond donors (Lipinski definition) is 2. The maximum absolute atomic E-state index is 10.6. The van der Waals surface area contributed by atoms with E-state index in [0.29, 0.717) is 6.54 Å². The summed E-state index contributed by atoms with van der Waals surface area (Å²) in [4.78, 5) is 14.6. The third-order valence-corrected chi connectivity index (χ3v) is 3.18. The van der Waals surface area contributed by atoms with Gasteiger partial charge in [-0.3, -0.25) is 10.1 Å². The molecule has 6 heteroatoms. The molecule has 2 aromatic rings. The van der Waals surface area contributed by atoms with Gasteiger partial charge < -0.3 is 10.6 Å². The van der Waals surface area contributed by atoms with Gasteiger partial charge >= 0.3 is 0 Å². The Morgan fingerprint density at radius 3 is 2.50 bits per heavy atom. The van der Waals surface area contributed by atoms with Gasteiger partial charge in [-0.25, -0.2) is 4.98 Å². The van der Waals surface area contributed by atoms with Gasteiger partial charge in [-0.05, 0) is 50.6 Å². The summed E-state index contributed by atoms with van der Waals surface area (Å²) in [5.74, 6) is 0.856. The Kier molecular flexibility index (Phi) is 4.93. The van der Waals surface area contributed by atoms with Crippen molar-refractivity contribution in [3.05, 3.63) is 57.8 Å². The number of rotatable bonds is 6. The van der Waals surface area contributed by atoms with E-state index in [9.17, 15) is 10.1 Å². The Bertz CT molecular complexity index is 635. The molecule has 0 saturated carbocycles. The maximum atomic E-state index is 10.6. The zero-order valence-electron chi connectivity index (χ0n) is 13.0. The second-order valence-corrected chi connectivity index (χ2v) is 5.40. The normalized spacial score (nSPS) is 11.8. The van der Waals surface area contributed by atoms with Crippen LogP contribution in [0.4, 0.5) is 17.2 Å². The second kappa shape index (κ2) is 6.89. The van der Waals surface area contributed by atoms with Gasteiger partial charge in [0.05, 0.1) is 4.92 Å². The number of pyridine rings is 1. The van der Waals surface area contributed by atoms with E-state index in [-0.39, 0.29) is 11.7 Å². The first-order valence-electron chi connectivity index (χ1n) is 7.14. The second-order valence-electron chi connectivity index (χ2n) is 5.40. The van der Waals surface area contributed by atoms with Gasteiger partial charge in [-0.1, -0.05) is 0 Å². The highest BCUT2D eigenvalue weighted by Crippen LogP contribution is 2.16. The molecule has 2 N–H and O–H groups in total. The van der Waals surface area contributed by atoms with Crippen molar-refractivity contribution in [1.82, 2.24) is 4.98 Å². The van der Waals surface area contributed by atoms with E-state index < -0.39 is 4.92 Å². The van der Waals surface area contributed by atoms with E-state index in [2.05, 4.69) is 15.6 Å². The summed E-state index contributed by atoms with van der Waals surface area (Å²) in [7, 11) is 0. The third kappa shape index (κ3) is 4.44. The predicted octanol–water partition coefficient (Wildman–Crippen LogP) is 3.52. The molecule has 0 aliphatic carbocycles. The van der Waals surface area contributed by atoms with Crippen LogP contribution in [-0.4, -0.2) is 22.5 Å². The lowest BCUT2D eigenvalue weighted by atomic mass is 10.2. The third-order valence-electron chi connectivity index (χ3n) is 3.18. The molecule has 1 unspecified atom stereocenters. The minimum absolute atomic E-state index is 0.0933. The summed E-state index contributed by atoms with van der Waals surface area (Å²) in [5.41, 5.74) is 3.11. The molecule has 2 rings (SSSR count). The first-order valence-corrected chi connectivity index (χ1v) is 7.14. The number of nitro benzene ring substituents is 1. The summed E-state index contributed by atoms with van der Waals surface area (Å²) < 4.78 is 0. The molecule has 116 valence electrons. The number of non-ortho nitro benzene ring substituents is 1. The van der Waals surface area contributed by atoms with Crippen molar-refractivity contribution in [1.29, 1.82) is 0 Å². The van der Waals surface area contributed by atoms with E-state index in [1.54, 1.807) is 12.1 Å². The van der Waals surface area contributed by atoms with Gasteiger partial charge in [0.1, 0.15) is 5.82 Å². The van der Waals surface area contributed by atoms with E-state index in [4.69, 9.17) is 0 Å². The van der Waals surface area contributed by atoms with Crippen LogP contribution in [0.15, 0.2) is 36.4 Å². The molecule has 0 fully saturated rings. The molecule has 0 bridgehead atoms. The summed E-state index contributed by atoms with van der Waals surface area (Å²) in [6.45, 7) is 6.75. The van der Waals surface area contributed by atoms with Crippen LogP contribution < -0.4 is 10.6 Å². The summed E-state index contributed by atoms with van der Waals surface area (Å²) in [6, 6.07) is 10.6. The first-order chi connectivity index (χ1) is 10.4. The van der Waals surface area contributed by atoms with Gasteiger partial charge in [0.25, 0.3) is 5.69 Å². The van der Waals surface area contributed by atoms with Crippen LogP contribution in [0.3, 0.4) is 0 Å². The number of benzene rings is 1. The molecule has 0 radical (unpaired) electrons. The van der Waals surface area contributed by atoms with Crippen molar-refractivity contribution in [2.75, 3.05) is 17.2 Å². The van der Waals surface area contributed by atoms with Gasteiger partial charge in [-0.15, -0.1) is 0 Å².